The molecule has 3 rings (SSSR count). The molecule has 1 aliphatic rings. The lowest BCUT2D eigenvalue weighted by Crippen LogP contribution is -1.97. The lowest BCUT2D eigenvalue weighted by molar-refractivity contribution is 0.175. The minimum absolute atomic E-state index is 0. The van der Waals surface area contributed by atoms with Crippen LogP contribution in [0.4, 0.5) is 0 Å². The fourth-order valence-corrected chi connectivity index (χ4v) is 1.66. The molecule has 82 valence electrons. The van der Waals surface area contributed by atoms with E-state index in [1.54, 1.807) is 6.07 Å². The maximum absolute atomic E-state index is 11.3. The van der Waals surface area contributed by atoms with E-state index in [1.165, 1.54) is 12.3 Å². The fraction of sp³-hybridized carbons (Fsp3) is 0.0909. The predicted octanol–water partition coefficient (Wildman–Crippen LogP) is 1.75. The molecule has 0 fully saturated rings. The van der Waals surface area contributed by atoms with E-state index in [4.69, 9.17) is 9.47 Å². The molecule has 0 saturated carbocycles. The zero-order chi connectivity index (χ0) is 10.3. The highest BCUT2D eigenvalue weighted by Gasteiger charge is 2.15. The van der Waals surface area contributed by atoms with Crippen molar-refractivity contribution in [3.63, 3.8) is 0 Å². The van der Waals surface area contributed by atoms with Gasteiger partial charge in [-0.05, 0) is 17.5 Å². The summed E-state index contributed by atoms with van der Waals surface area (Å²) in [7, 11) is 0. The van der Waals surface area contributed by atoms with Gasteiger partial charge in [0, 0.05) is 17.6 Å². The van der Waals surface area contributed by atoms with E-state index in [9.17, 15) is 4.79 Å². The first-order chi connectivity index (χ1) is 7.34. The van der Waals surface area contributed by atoms with Gasteiger partial charge in [-0.2, -0.15) is 0 Å². The molecule has 16 heavy (non-hydrogen) atoms. The summed E-state index contributed by atoms with van der Waals surface area (Å²) in [6.07, 6.45) is 1.49. The number of halogens is 1. The van der Waals surface area contributed by atoms with Crippen molar-refractivity contribution in [1.29, 1.82) is 0 Å². The molecule has 0 atom stereocenters. The molecule has 0 unspecified atom stereocenters. The molecule has 0 amide bonds. The van der Waals surface area contributed by atoms with Crippen LogP contribution < -0.4 is 15.0 Å². The minimum Gasteiger partial charge on any atom is -0.454 e. The maximum atomic E-state index is 11.3. The van der Waals surface area contributed by atoms with Gasteiger partial charge in [0.25, 0.3) is 5.56 Å². The monoisotopic (exact) mass is 237 g/mol. The van der Waals surface area contributed by atoms with Gasteiger partial charge >= 0.3 is 0 Å². The van der Waals surface area contributed by atoms with Crippen molar-refractivity contribution in [2.75, 3.05) is 6.79 Å². The zero-order valence-electron chi connectivity index (χ0n) is 8.17. The smallest absolute Gasteiger partial charge is 0.270 e. The fourth-order valence-electron chi connectivity index (χ4n) is 1.66. The Morgan fingerprint density at radius 2 is 2.06 bits per heavy atom. The molecule has 0 radical (unpaired) electrons. The number of ether oxygens (including phenoxy) is 2. The Bertz CT molecular complexity index is 600. The molecule has 1 aliphatic heterocycles. The Labute approximate surface area is 97.2 Å². The van der Waals surface area contributed by atoms with Crippen molar-refractivity contribution in [2.24, 2.45) is 0 Å². The lowest BCUT2D eigenvalue weighted by atomic mass is 10.1. The number of fused-ring (bicyclic) bond motifs is 3. The quantitative estimate of drug-likeness (QED) is 0.700. The highest BCUT2D eigenvalue weighted by Crippen LogP contribution is 2.37. The van der Waals surface area contributed by atoms with E-state index in [0.717, 1.165) is 10.8 Å². The SMILES string of the molecule is Cl.O=c1cc2c3c(ccc2ccn1)OCO3. The Kier molecular flexibility index (Phi) is 2.66. The highest BCUT2D eigenvalue weighted by atomic mass is 35.5. The largest absolute Gasteiger partial charge is 0.454 e. The third-order valence-corrected chi connectivity index (χ3v) is 2.34. The second-order valence-corrected chi connectivity index (χ2v) is 3.23. The van der Waals surface area contributed by atoms with Crippen LogP contribution in [0.2, 0.25) is 0 Å². The third kappa shape index (κ3) is 1.57. The number of hydrogen-bond acceptors (Lipinski definition) is 4. The van der Waals surface area contributed by atoms with Crippen LogP contribution in [-0.2, 0) is 0 Å². The Hall–Kier alpha value is -1.81. The van der Waals surface area contributed by atoms with Crippen LogP contribution in [0.3, 0.4) is 0 Å². The average Bonchev–Trinajstić information content (AvgIpc) is 2.61. The first kappa shape index (κ1) is 10.7. The summed E-state index contributed by atoms with van der Waals surface area (Å²) in [5, 5.41) is 1.65. The molecule has 0 saturated heterocycles. The molecule has 0 N–H and O–H groups in total. The lowest BCUT2D eigenvalue weighted by Gasteiger charge is -1.97. The first-order valence-corrected chi connectivity index (χ1v) is 4.53. The van der Waals surface area contributed by atoms with Gasteiger partial charge in [0.1, 0.15) is 0 Å². The van der Waals surface area contributed by atoms with Gasteiger partial charge in [0.05, 0.1) is 0 Å². The molecular weight excluding hydrogens is 230 g/mol. The van der Waals surface area contributed by atoms with Gasteiger partial charge in [0.2, 0.25) is 6.79 Å². The maximum Gasteiger partial charge on any atom is 0.270 e. The predicted molar refractivity (Wildman–Crippen MR) is 61.4 cm³/mol. The highest BCUT2D eigenvalue weighted by molar-refractivity contribution is 5.90. The van der Waals surface area contributed by atoms with Crippen molar-refractivity contribution in [1.82, 2.24) is 4.98 Å². The van der Waals surface area contributed by atoms with Crippen molar-refractivity contribution in [3.05, 3.63) is 40.8 Å². The summed E-state index contributed by atoms with van der Waals surface area (Å²) >= 11 is 0. The summed E-state index contributed by atoms with van der Waals surface area (Å²) in [6, 6.07) is 6.95. The Morgan fingerprint density at radius 3 is 2.94 bits per heavy atom. The Morgan fingerprint density at radius 1 is 1.19 bits per heavy atom. The van der Waals surface area contributed by atoms with Crippen LogP contribution in [-0.4, -0.2) is 11.8 Å². The number of nitrogens with zero attached hydrogens (tertiary/aromatic N) is 1. The molecule has 4 nitrogen and oxygen atoms in total. The second kappa shape index (κ2) is 3.98. The van der Waals surface area contributed by atoms with Gasteiger partial charge in [-0.25, -0.2) is 4.98 Å². The van der Waals surface area contributed by atoms with Crippen molar-refractivity contribution >= 4 is 23.2 Å². The topological polar surface area (TPSA) is 48.4 Å². The summed E-state index contributed by atoms with van der Waals surface area (Å²) in [4.78, 5) is 15.0. The molecule has 2 heterocycles. The average molecular weight is 238 g/mol. The van der Waals surface area contributed by atoms with Gasteiger partial charge in [-0.1, -0.05) is 6.07 Å². The van der Waals surface area contributed by atoms with Gasteiger partial charge in [-0.15, -0.1) is 12.4 Å². The zero-order valence-corrected chi connectivity index (χ0v) is 8.99. The summed E-state index contributed by atoms with van der Waals surface area (Å²) in [5.74, 6) is 1.30. The second-order valence-electron chi connectivity index (χ2n) is 3.23. The summed E-state index contributed by atoms with van der Waals surface area (Å²) in [6.45, 7) is 0.203. The molecule has 0 bridgehead atoms. The van der Waals surface area contributed by atoms with E-state index < -0.39 is 0 Å². The Balaban J connectivity index is 0.000000963. The number of benzene rings is 1. The van der Waals surface area contributed by atoms with Crippen LogP contribution in [0.5, 0.6) is 11.5 Å². The van der Waals surface area contributed by atoms with Crippen molar-refractivity contribution < 1.29 is 9.47 Å². The van der Waals surface area contributed by atoms with Crippen molar-refractivity contribution in [3.8, 4) is 11.5 Å². The molecule has 1 aromatic heterocycles. The number of hydrogen-bond donors (Lipinski definition) is 0. The standard InChI is InChI=1S/C11H7NO3.ClH/c13-10-5-8-7(3-4-12-10)1-2-9-11(8)15-6-14-9;/h1-5H,6H2;1H. The summed E-state index contributed by atoms with van der Waals surface area (Å²) in [5.41, 5.74) is -0.283. The molecule has 0 spiro atoms. The van der Waals surface area contributed by atoms with Gasteiger partial charge in [-0.3, -0.25) is 4.79 Å². The molecular formula is C11H8ClNO3. The van der Waals surface area contributed by atoms with Crippen LogP contribution in [0, 0.1) is 0 Å². The van der Waals surface area contributed by atoms with Crippen LogP contribution in [0.1, 0.15) is 0 Å². The number of aromatic nitrogens is 1. The van der Waals surface area contributed by atoms with E-state index in [-0.39, 0.29) is 24.8 Å². The van der Waals surface area contributed by atoms with Crippen LogP contribution in [0.15, 0.2) is 35.3 Å². The van der Waals surface area contributed by atoms with Crippen LogP contribution in [0.25, 0.3) is 10.8 Å². The summed E-state index contributed by atoms with van der Waals surface area (Å²) < 4.78 is 10.6. The van der Waals surface area contributed by atoms with Gasteiger partial charge < -0.3 is 9.47 Å². The molecule has 1 aromatic carbocycles. The molecule has 0 aliphatic carbocycles. The van der Waals surface area contributed by atoms with E-state index in [2.05, 4.69) is 4.98 Å². The van der Waals surface area contributed by atoms with E-state index in [0.29, 0.717) is 11.5 Å². The minimum atomic E-state index is -0.283. The molecule has 5 heteroatoms. The van der Waals surface area contributed by atoms with Crippen molar-refractivity contribution in [2.45, 2.75) is 0 Å². The van der Waals surface area contributed by atoms with E-state index >= 15 is 0 Å². The molecule has 2 aromatic rings. The van der Waals surface area contributed by atoms with Crippen LogP contribution >= 0.6 is 12.4 Å². The normalized spacial score (nSPS) is 12.2. The van der Waals surface area contributed by atoms with Gasteiger partial charge in [0.15, 0.2) is 11.5 Å². The number of rotatable bonds is 0. The first-order valence-electron chi connectivity index (χ1n) is 4.53. The van der Waals surface area contributed by atoms with E-state index in [1.807, 2.05) is 12.1 Å². The third-order valence-electron chi connectivity index (χ3n) is 2.34.